The Morgan fingerprint density at radius 1 is 1.05 bits per heavy atom. The molecule has 0 atom stereocenters. The minimum absolute atomic E-state index is 0.715. The highest BCUT2D eigenvalue weighted by Gasteiger charge is 2.22. The first kappa shape index (κ1) is 11.4. The summed E-state index contributed by atoms with van der Waals surface area (Å²) in [5, 5.41) is 0. The number of aryl methyl sites for hydroxylation is 3. The molecule has 0 saturated heterocycles. The van der Waals surface area contributed by atoms with Gasteiger partial charge in [-0.1, -0.05) is 24.3 Å². The van der Waals surface area contributed by atoms with Crippen LogP contribution in [0.3, 0.4) is 0 Å². The summed E-state index contributed by atoms with van der Waals surface area (Å²) in [7, 11) is 2.00. The fraction of sp³-hybridized carbons (Fsp3) is 0.176. The van der Waals surface area contributed by atoms with Crippen molar-refractivity contribution >= 4 is 0 Å². The quantitative estimate of drug-likeness (QED) is 0.632. The molecule has 2 aromatic heterocycles. The molecule has 0 N–H and O–H groups in total. The molecule has 1 aliphatic rings. The fourth-order valence-electron chi connectivity index (χ4n) is 2.71. The van der Waals surface area contributed by atoms with Crippen molar-refractivity contribution in [1.29, 1.82) is 0 Å². The van der Waals surface area contributed by atoms with Gasteiger partial charge in [-0.05, 0) is 18.4 Å². The SMILES string of the molecule is C[n+]1ccc(-c2nc3c(o2)-c2ccccc2CC3)cc1. The van der Waals surface area contributed by atoms with Gasteiger partial charge in [-0.15, -0.1) is 0 Å². The van der Waals surface area contributed by atoms with E-state index in [1.54, 1.807) is 0 Å². The van der Waals surface area contributed by atoms with Gasteiger partial charge in [-0.25, -0.2) is 9.55 Å². The maximum Gasteiger partial charge on any atom is 0.227 e. The van der Waals surface area contributed by atoms with Gasteiger partial charge in [-0.3, -0.25) is 0 Å². The lowest BCUT2D eigenvalue weighted by atomic mass is 9.93. The average Bonchev–Trinajstić information content (AvgIpc) is 2.92. The predicted molar refractivity (Wildman–Crippen MR) is 76.0 cm³/mol. The summed E-state index contributed by atoms with van der Waals surface area (Å²) in [4.78, 5) is 4.67. The molecule has 1 aliphatic carbocycles. The van der Waals surface area contributed by atoms with Crippen LogP contribution in [0.1, 0.15) is 11.3 Å². The third kappa shape index (κ3) is 1.74. The topological polar surface area (TPSA) is 29.9 Å². The minimum Gasteiger partial charge on any atom is -0.436 e. The van der Waals surface area contributed by atoms with Crippen molar-refractivity contribution in [3.63, 3.8) is 0 Å². The Bertz CT molecular complexity index is 772. The lowest BCUT2D eigenvalue weighted by Crippen LogP contribution is -2.25. The molecule has 3 nitrogen and oxygen atoms in total. The van der Waals surface area contributed by atoms with E-state index >= 15 is 0 Å². The number of nitrogens with zero attached hydrogens (tertiary/aromatic N) is 2. The second-order valence-electron chi connectivity index (χ2n) is 5.20. The molecule has 0 saturated carbocycles. The van der Waals surface area contributed by atoms with E-state index in [2.05, 4.69) is 29.2 Å². The van der Waals surface area contributed by atoms with Crippen molar-refractivity contribution in [2.75, 3.05) is 0 Å². The summed E-state index contributed by atoms with van der Waals surface area (Å²) >= 11 is 0. The van der Waals surface area contributed by atoms with Gasteiger partial charge in [-0.2, -0.15) is 0 Å². The number of oxazole rings is 1. The third-order valence-electron chi connectivity index (χ3n) is 3.82. The summed E-state index contributed by atoms with van der Waals surface area (Å²) in [6.45, 7) is 0. The summed E-state index contributed by atoms with van der Waals surface area (Å²) in [6, 6.07) is 12.5. The molecule has 20 heavy (non-hydrogen) atoms. The minimum atomic E-state index is 0.715. The van der Waals surface area contributed by atoms with Crippen LogP contribution in [0.25, 0.3) is 22.8 Å². The highest BCUT2D eigenvalue weighted by Crippen LogP contribution is 2.36. The van der Waals surface area contributed by atoms with E-state index in [9.17, 15) is 0 Å². The zero-order valence-corrected chi connectivity index (χ0v) is 11.3. The molecule has 0 radical (unpaired) electrons. The van der Waals surface area contributed by atoms with Crippen LogP contribution in [-0.4, -0.2) is 4.98 Å². The number of benzene rings is 1. The van der Waals surface area contributed by atoms with E-state index in [0.717, 1.165) is 29.9 Å². The van der Waals surface area contributed by atoms with Crippen molar-refractivity contribution in [2.24, 2.45) is 7.05 Å². The number of hydrogen-bond acceptors (Lipinski definition) is 2. The van der Waals surface area contributed by atoms with E-state index in [0.29, 0.717) is 5.89 Å². The second-order valence-corrected chi connectivity index (χ2v) is 5.20. The summed E-state index contributed by atoms with van der Waals surface area (Å²) < 4.78 is 8.04. The van der Waals surface area contributed by atoms with Crippen molar-refractivity contribution in [2.45, 2.75) is 12.8 Å². The maximum atomic E-state index is 6.04. The van der Waals surface area contributed by atoms with Crippen molar-refractivity contribution in [3.8, 4) is 22.8 Å². The van der Waals surface area contributed by atoms with E-state index in [1.807, 2.05) is 36.1 Å². The molecule has 0 spiro atoms. The lowest BCUT2D eigenvalue weighted by Gasteiger charge is -2.12. The Balaban J connectivity index is 1.84. The van der Waals surface area contributed by atoms with E-state index < -0.39 is 0 Å². The molecule has 0 amide bonds. The molecular weight excluding hydrogens is 248 g/mol. The number of rotatable bonds is 1. The number of hydrogen-bond donors (Lipinski definition) is 0. The van der Waals surface area contributed by atoms with Crippen LogP contribution in [0.4, 0.5) is 0 Å². The molecule has 3 heteroatoms. The highest BCUT2D eigenvalue weighted by atomic mass is 16.4. The average molecular weight is 263 g/mol. The zero-order valence-electron chi connectivity index (χ0n) is 11.3. The van der Waals surface area contributed by atoms with Gasteiger partial charge < -0.3 is 4.42 Å². The number of fused-ring (bicyclic) bond motifs is 3. The van der Waals surface area contributed by atoms with Crippen LogP contribution in [0.15, 0.2) is 53.2 Å². The zero-order chi connectivity index (χ0) is 13.5. The van der Waals surface area contributed by atoms with Gasteiger partial charge in [0.05, 0.1) is 5.69 Å². The Labute approximate surface area is 117 Å². The monoisotopic (exact) mass is 263 g/mol. The van der Waals surface area contributed by atoms with Crippen LogP contribution in [-0.2, 0) is 19.9 Å². The Hall–Kier alpha value is -2.42. The smallest absolute Gasteiger partial charge is 0.227 e. The summed E-state index contributed by atoms with van der Waals surface area (Å²) in [5.41, 5.74) is 4.64. The highest BCUT2D eigenvalue weighted by molar-refractivity contribution is 5.69. The first-order valence-electron chi connectivity index (χ1n) is 6.85. The molecule has 0 aliphatic heterocycles. The molecular formula is C17H15N2O+. The van der Waals surface area contributed by atoms with Gasteiger partial charge in [0.2, 0.25) is 5.89 Å². The largest absolute Gasteiger partial charge is 0.436 e. The second kappa shape index (κ2) is 4.30. The first-order valence-corrected chi connectivity index (χ1v) is 6.85. The van der Waals surface area contributed by atoms with Crippen molar-refractivity contribution in [3.05, 3.63) is 60.0 Å². The molecule has 1 aromatic carbocycles. The third-order valence-corrected chi connectivity index (χ3v) is 3.82. The Kier molecular flexibility index (Phi) is 2.46. The molecule has 0 bridgehead atoms. The van der Waals surface area contributed by atoms with Gasteiger partial charge in [0.1, 0.15) is 7.05 Å². The molecule has 2 heterocycles. The van der Waals surface area contributed by atoms with Gasteiger partial charge >= 0.3 is 0 Å². The molecule has 3 aromatic rings. The van der Waals surface area contributed by atoms with Crippen LogP contribution in [0.2, 0.25) is 0 Å². The van der Waals surface area contributed by atoms with Gasteiger partial charge in [0, 0.05) is 23.3 Å². The normalized spacial score (nSPS) is 12.8. The fourth-order valence-corrected chi connectivity index (χ4v) is 2.71. The van der Waals surface area contributed by atoms with Crippen molar-refractivity contribution < 1.29 is 8.98 Å². The van der Waals surface area contributed by atoms with Crippen LogP contribution in [0, 0.1) is 0 Å². The maximum absolute atomic E-state index is 6.04. The summed E-state index contributed by atoms with van der Waals surface area (Å²) in [5.74, 6) is 1.65. The molecule has 0 unspecified atom stereocenters. The van der Waals surface area contributed by atoms with Gasteiger partial charge in [0.25, 0.3) is 0 Å². The lowest BCUT2D eigenvalue weighted by molar-refractivity contribution is -0.671. The Morgan fingerprint density at radius 3 is 2.70 bits per heavy atom. The predicted octanol–water partition coefficient (Wildman–Crippen LogP) is 2.93. The standard InChI is InChI=1S/C17H15N2O/c1-19-10-8-13(9-11-19)17-18-15-7-6-12-4-2-3-5-14(12)16(15)20-17/h2-5,8-11H,6-7H2,1H3/q+1. The van der Waals surface area contributed by atoms with E-state index in [-0.39, 0.29) is 0 Å². The van der Waals surface area contributed by atoms with E-state index in [4.69, 9.17) is 4.42 Å². The molecule has 4 rings (SSSR count). The number of pyridine rings is 1. The van der Waals surface area contributed by atoms with E-state index in [1.165, 1.54) is 11.1 Å². The van der Waals surface area contributed by atoms with Crippen LogP contribution >= 0.6 is 0 Å². The number of aromatic nitrogens is 2. The molecule has 98 valence electrons. The Morgan fingerprint density at radius 2 is 1.85 bits per heavy atom. The summed E-state index contributed by atoms with van der Waals surface area (Å²) in [6.07, 6.45) is 6.01. The van der Waals surface area contributed by atoms with Gasteiger partial charge in [0.15, 0.2) is 18.2 Å². The van der Waals surface area contributed by atoms with Crippen LogP contribution < -0.4 is 4.57 Å². The first-order chi connectivity index (χ1) is 9.81. The molecule has 0 fully saturated rings. The van der Waals surface area contributed by atoms with Crippen molar-refractivity contribution in [1.82, 2.24) is 4.98 Å². The van der Waals surface area contributed by atoms with Crippen LogP contribution in [0.5, 0.6) is 0 Å².